The third-order valence-corrected chi connectivity index (χ3v) is 3.51. The van der Waals surface area contributed by atoms with Crippen LogP contribution in [0.25, 0.3) is 0 Å². The van der Waals surface area contributed by atoms with Crippen molar-refractivity contribution in [3.05, 3.63) is 12.2 Å². The first kappa shape index (κ1) is 10.7. The predicted molar refractivity (Wildman–Crippen MR) is 58.5 cm³/mol. The van der Waals surface area contributed by atoms with E-state index in [2.05, 4.69) is 0 Å². The molecule has 0 aromatic heterocycles. The molecule has 0 aromatic rings. The highest BCUT2D eigenvalue weighted by Crippen LogP contribution is 2.37. The van der Waals surface area contributed by atoms with E-state index < -0.39 is 0 Å². The quantitative estimate of drug-likeness (QED) is 0.616. The summed E-state index contributed by atoms with van der Waals surface area (Å²) in [5.41, 5.74) is 0.0227. The first-order chi connectivity index (χ1) is 7.28. The van der Waals surface area contributed by atoms with Crippen molar-refractivity contribution in [2.24, 2.45) is 0 Å². The van der Waals surface area contributed by atoms with E-state index in [4.69, 9.17) is 4.74 Å². The van der Waals surface area contributed by atoms with Gasteiger partial charge in [0.25, 0.3) is 0 Å². The zero-order valence-corrected chi connectivity index (χ0v) is 9.37. The number of rotatable bonds is 1. The van der Waals surface area contributed by atoms with E-state index in [1.807, 2.05) is 17.9 Å². The van der Waals surface area contributed by atoms with Gasteiger partial charge in [0, 0.05) is 6.54 Å². The molecule has 1 spiro atoms. The van der Waals surface area contributed by atoms with Gasteiger partial charge in [-0.1, -0.05) is 18.9 Å². The second-order valence-electron chi connectivity index (χ2n) is 4.47. The molecule has 0 bridgehead atoms. The maximum atomic E-state index is 11.9. The van der Waals surface area contributed by atoms with Crippen LogP contribution in [0.2, 0.25) is 0 Å². The number of morpholine rings is 1. The molecule has 0 radical (unpaired) electrons. The molecule has 2 rings (SSSR count). The van der Waals surface area contributed by atoms with Gasteiger partial charge in [0.1, 0.15) is 0 Å². The van der Waals surface area contributed by atoms with Crippen LogP contribution in [0.3, 0.4) is 0 Å². The van der Waals surface area contributed by atoms with Crippen LogP contribution >= 0.6 is 0 Å². The molecule has 15 heavy (non-hydrogen) atoms. The lowest BCUT2D eigenvalue weighted by Crippen LogP contribution is -2.57. The Balaban J connectivity index is 2.15. The number of amides is 1. The maximum absolute atomic E-state index is 11.9. The number of ether oxygens (including phenoxy) is 1. The third kappa shape index (κ3) is 1.93. The highest BCUT2D eigenvalue weighted by Gasteiger charge is 2.43. The van der Waals surface area contributed by atoms with Crippen molar-refractivity contribution in [1.82, 2.24) is 4.90 Å². The molecule has 1 saturated heterocycles. The van der Waals surface area contributed by atoms with Gasteiger partial charge in [-0.2, -0.15) is 0 Å². The summed E-state index contributed by atoms with van der Waals surface area (Å²) < 4.78 is 5.55. The average Bonchev–Trinajstić information content (AvgIpc) is 2.68. The van der Waals surface area contributed by atoms with E-state index >= 15 is 0 Å². The molecule has 1 saturated carbocycles. The number of carbonyl (C=O) groups is 1. The first-order valence-electron chi connectivity index (χ1n) is 5.80. The lowest BCUT2D eigenvalue weighted by Gasteiger charge is -2.44. The Morgan fingerprint density at radius 1 is 1.40 bits per heavy atom. The summed E-state index contributed by atoms with van der Waals surface area (Å²) >= 11 is 0. The van der Waals surface area contributed by atoms with Crippen LogP contribution in [-0.4, -0.2) is 36.1 Å². The zero-order valence-electron chi connectivity index (χ0n) is 9.37. The van der Waals surface area contributed by atoms with Crippen molar-refractivity contribution in [2.45, 2.75) is 38.1 Å². The van der Waals surface area contributed by atoms with Crippen LogP contribution in [0.1, 0.15) is 32.6 Å². The zero-order chi connectivity index (χ0) is 10.7. The summed E-state index contributed by atoms with van der Waals surface area (Å²) in [6.45, 7) is 4.06. The van der Waals surface area contributed by atoms with E-state index in [1.54, 1.807) is 6.08 Å². The summed E-state index contributed by atoms with van der Waals surface area (Å²) in [6, 6.07) is 0. The Labute approximate surface area is 91.1 Å². The summed E-state index contributed by atoms with van der Waals surface area (Å²) in [5.74, 6) is 0.155. The predicted octanol–water partition coefficient (Wildman–Crippen LogP) is 1.73. The molecule has 3 nitrogen and oxygen atoms in total. The fraction of sp³-hybridized carbons (Fsp3) is 0.750. The van der Waals surface area contributed by atoms with Gasteiger partial charge in [0.05, 0.1) is 18.8 Å². The van der Waals surface area contributed by atoms with Crippen LogP contribution < -0.4 is 0 Å². The summed E-state index contributed by atoms with van der Waals surface area (Å²) in [5, 5.41) is 0. The molecule has 1 aliphatic heterocycles. The molecule has 84 valence electrons. The number of hydrogen-bond donors (Lipinski definition) is 0. The maximum Gasteiger partial charge on any atom is 0.246 e. The minimum absolute atomic E-state index is 0.0227. The highest BCUT2D eigenvalue weighted by molar-refractivity contribution is 5.88. The van der Waals surface area contributed by atoms with Crippen LogP contribution in [0, 0.1) is 0 Å². The Hall–Kier alpha value is -0.830. The number of carbonyl (C=O) groups excluding carboxylic acids is 1. The van der Waals surface area contributed by atoms with Gasteiger partial charge in [-0.15, -0.1) is 0 Å². The lowest BCUT2D eigenvalue weighted by atomic mass is 9.94. The van der Waals surface area contributed by atoms with Gasteiger partial charge in [0.15, 0.2) is 0 Å². The van der Waals surface area contributed by atoms with Crippen LogP contribution in [0.15, 0.2) is 12.2 Å². The molecule has 3 heteroatoms. The SMILES string of the molecule is C/C=C/C(=O)N1CCOCC12CCCC2. The number of nitrogens with zero attached hydrogens (tertiary/aromatic N) is 1. The summed E-state index contributed by atoms with van der Waals surface area (Å²) in [7, 11) is 0. The van der Waals surface area contributed by atoms with Gasteiger partial charge < -0.3 is 9.64 Å². The normalized spacial score (nSPS) is 25.3. The highest BCUT2D eigenvalue weighted by atomic mass is 16.5. The second kappa shape index (κ2) is 4.35. The fourth-order valence-corrected chi connectivity index (χ4v) is 2.76. The largest absolute Gasteiger partial charge is 0.377 e. The average molecular weight is 209 g/mol. The topological polar surface area (TPSA) is 29.5 Å². The van der Waals surface area contributed by atoms with Crippen molar-refractivity contribution in [1.29, 1.82) is 0 Å². The standard InChI is InChI=1S/C12H19NO2/c1-2-5-11(14)13-8-9-15-10-12(13)6-3-4-7-12/h2,5H,3-4,6-10H2,1H3/b5-2+. The fourth-order valence-electron chi connectivity index (χ4n) is 2.76. The van der Waals surface area contributed by atoms with Crippen molar-refractivity contribution in [3.8, 4) is 0 Å². The molecule has 2 fully saturated rings. The number of hydrogen-bond acceptors (Lipinski definition) is 2. The third-order valence-electron chi connectivity index (χ3n) is 3.51. The molecule has 1 amide bonds. The van der Waals surface area contributed by atoms with Crippen molar-refractivity contribution in [3.63, 3.8) is 0 Å². The van der Waals surface area contributed by atoms with E-state index in [0.29, 0.717) is 6.61 Å². The molecular weight excluding hydrogens is 190 g/mol. The van der Waals surface area contributed by atoms with Gasteiger partial charge in [-0.3, -0.25) is 4.79 Å². The van der Waals surface area contributed by atoms with Gasteiger partial charge in [-0.25, -0.2) is 0 Å². The molecule has 0 unspecified atom stereocenters. The van der Waals surface area contributed by atoms with Gasteiger partial charge in [-0.05, 0) is 25.8 Å². The first-order valence-corrected chi connectivity index (χ1v) is 5.80. The molecule has 0 N–H and O–H groups in total. The molecule has 0 atom stereocenters. The van der Waals surface area contributed by atoms with E-state index in [0.717, 1.165) is 26.0 Å². The molecule has 0 aromatic carbocycles. The Morgan fingerprint density at radius 2 is 2.13 bits per heavy atom. The monoisotopic (exact) mass is 209 g/mol. The Kier molecular flexibility index (Phi) is 3.10. The molecule has 1 aliphatic carbocycles. The van der Waals surface area contributed by atoms with E-state index in [-0.39, 0.29) is 11.4 Å². The van der Waals surface area contributed by atoms with Crippen molar-refractivity contribution < 1.29 is 9.53 Å². The molecule has 1 heterocycles. The Morgan fingerprint density at radius 3 is 2.80 bits per heavy atom. The lowest BCUT2D eigenvalue weighted by molar-refractivity contribution is -0.143. The second-order valence-corrected chi connectivity index (χ2v) is 4.47. The van der Waals surface area contributed by atoms with Crippen LogP contribution in [0.5, 0.6) is 0 Å². The Bertz CT molecular complexity index is 267. The summed E-state index contributed by atoms with van der Waals surface area (Å²) in [4.78, 5) is 14.0. The van der Waals surface area contributed by atoms with Crippen molar-refractivity contribution >= 4 is 5.91 Å². The molecular formula is C12H19NO2. The van der Waals surface area contributed by atoms with E-state index in [9.17, 15) is 4.79 Å². The van der Waals surface area contributed by atoms with Gasteiger partial charge in [0.2, 0.25) is 5.91 Å². The van der Waals surface area contributed by atoms with Crippen molar-refractivity contribution in [2.75, 3.05) is 19.8 Å². The minimum atomic E-state index is 0.0227. The molecule has 2 aliphatic rings. The van der Waals surface area contributed by atoms with Crippen LogP contribution in [0.4, 0.5) is 0 Å². The number of allylic oxidation sites excluding steroid dienone is 1. The summed E-state index contributed by atoms with van der Waals surface area (Å²) in [6.07, 6.45) is 8.16. The van der Waals surface area contributed by atoms with Crippen LogP contribution in [-0.2, 0) is 9.53 Å². The van der Waals surface area contributed by atoms with E-state index in [1.165, 1.54) is 12.8 Å². The van der Waals surface area contributed by atoms with Gasteiger partial charge >= 0.3 is 0 Å². The minimum Gasteiger partial charge on any atom is -0.377 e. The smallest absolute Gasteiger partial charge is 0.246 e.